The second-order valence-corrected chi connectivity index (χ2v) is 6.75. The summed E-state index contributed by atoms with van der Waals surface area (Å²) in [6.45, 7) is 2.63. The van der Waals surface area contributed by atoms with Crippen LogP contribution < -0.4 is 4.74 Å². The van der Waals surface area contributed by atoms with Gasteiger partial charge in [-0.3, -0.25) is 10.00 Å². The van der Waals surface area contributed by atoms with Crippen LogP contribution in [0.25, 0.3) is 16.9 Å². The van der Waals surface area contributed by atoms with Crippen molar-refractivity contribution in [2.45, 2.75) is 19.5 Å². The van der Waals surface area contributed by atoms with E-state index in [1.54, 1.807) is 7.11 Å². The van der Waals surface area contributed by atoms with Gasteiger partial charge >= 0.3 is 0 Å². The first-order chi connectivity index (χ1) is 13.3. The molecule has 0 saturated carbocycles. The van der Waals surface area contributed by atoms with Crippen molar-refractivity contribution < 1.29 is 4.74 Å². The number of methoxy groups -OCH3 is 1. The number of aromatic nitrogens is 5. The number of fused-ring (bicyclic) bond motifs is 2. The van der Waals surface area contributed by atoms with E-state index >= 15 is 0 Å². The Labute approximate surface area is 156 Å². The second kappa shape index (κ2) is 6.51. The highest BCUT2D eigenvalue weighted by atomic mass is 16.5. The number of para-hydroxylation sites is 1. The first-order valence-corrected chi connectivity index (χ1v) is 9.02. The maximum atomic E-state index is 5.53. The van der Waals surface area contributed by atoms with Crippen molar-refractivity contribution in [2.24, 2.45) is 0 Å². The average molecular weight is 360 g/mol. The Kier molecular flexibility index (Phi) is 3.86. The maximum Gasteiger partial charge on any atom is 0.159 e. The number of benzene rings is 1. The molecule has 27 heavy (non-hydrogen) atoms. The minimum absolute atomic E-state index is 0.816. The molecule has 0 spiro atoms. The molecule has 4 heterocycles. The number of nitrogens with one attached hydrogen (secondary N) is 1. The molecule has 0 radical (unpaired) electrons. The Bertz CT molecular complexity index is 1100. The molecule has 0 saturated heterocycles. The van der Waals surface area contributed by atoms with Crippen molar-refractivity contribution in [3.05, 3.63) is 65.7 Å². The van der Waals surface area contributed by atoms with Crippen LogP contribution in [0.1, 0.15) is 16.8 Å². The van der Waals surface area contributed by atoms with Crippen LogP contribution in [0.3, 0.4) is 0 Å². The fourth-order valence-corrected chi connectivity index (χ4v) is 3.78. The van der Waals surface area contributed by atoms with Crippen LogP contribution in [0.5, 0.6) is 5.75 Å². The summed E-state index contributed by atoms with van der Waals surface area (Å²) in [5, 5.41) is 12.2. The van der Waals surface area contributed by atoms with E-state index in [0.29, 0.717) is 0 Å². The molecule has 5 rings (SSSR count). The van der Waals surface area contributed by atoms with Gasteiger partial charge < -0.3 is 4.74 Å². The molecule has 0 unspecified atom stereocenters. The predicted molar refractivity (Wildman–Crippen MR) is 101 cm³/mol. The topological polar surface area (TPSA) is 71.3 Å². The Morgan fingerprint density at radius 2 is 2.15 bits per heavy atom. The molecule has 1 aromatic carbocycles. The molecule has 1 N–H and O–H groups in total. The summed E-state index contributed by atoms with van der Waals surface area (Å²) in [7, 11) is 1.70. The lowest BCUT2D eigenvalue weighted by atomic mass is 10.00. The maximum absolute atomic E-state index is 5.53. The third kappa shape index (κ3) is 2.76. The smallest absolute Gasteiger partial charge is 0.159 e. The first-order valence-electron chi connectivity index (χ1n) is 9.02. The number of ether oxygens (including phenoxy) is 1. The Morgan fingerprint density at radius 3 is 3.07 bits per heavy atom. The monoisotopic (exact) mass is 360 g/mol. The van der Waals surface area contributed by atoms with Crippen molar-refractivity contribution in [2.75, 3.05) is 13.7 Å². The molecule has 0 fully saturated rings. The summed E-state index contributed by atoms with van der Waals surface area (Å²) in [4.78, 5) is 6.89. The normalized spacial score (nSPS) is 14.4. The second-order valence-electron chi connectivity index (χ2n) is 6.75. The number of H-pyrrole nitrogens is 1. The minimum atomic E-state index is 0.816. The molecule has 7 nitrogen and oxygen atoms in total. The van der Waals surface area contributed by atoms with Gasteiger partial charge in [-0.25, -0.2) is 9.50 Å². The van der Waals surface area contributed by atoms with Crippen molar-refractivity contribution in [1.82, 2.24) is 29.7 Å². The molecule has 4 aromatic rings. The fourth-order valence-electron chi connectivity index (χ4n) is 3.78. The average Bonchev–Trinajstić information content (AvgIpc) is 3.32. The highest BCUT2D eigenvalue weighted by Crippen LogP contribution is 2.34. The van der Waals surface area contributed by atoms with Gasteiger partial charge in [0.25, 0.3) is 0 Å². The van der Waals surface area contributed by atoms with Crippen LogP contribution in [-0.4, -0.2) is 43.3 Å². The molecule has 0 amide bonds. The largest absolute Gasteiger partial charge is 0.496 e. The van der Waals surface area contributed by atoms with Gasteiger partial charge in [-0.1, -0.05) is 12.1 Å². The summed E-state index contributed by atoms with van der Waals surface area (Å²) in [6, 6.07) is 9.92. The van der Waals surface area contributed by atoms with Gasteiger partial charge in [0, 0.05) is 60.8 Å². The van der Waals surface area contributed by atoms with Crippen LogP contribution in [0.2, 0.25) is 0 Å². The summed E-state index contributed by atoms with van der Waals surface area (Å²) in [5.74, 6) is 0.843. The number of aromatic amines is 1. The quantitative estimate of drug-likeness (QED) is 0.606. The Morgan fingerprint density at radius 1 is 1.22 bits per heavy atom. The SMILES string of the molecule is COc1ccccc1-c1n[nH]c2c1CN(Cc1cnn3cccnc13)CC2. The van der Waals surface area contributed by atoms with Gasteiger partial charge in [-0.05, 0) is 18.2 Å². The van der Waals surface area contributed by atoms with Crippen molar-refractivity contribution in [1.29, 1.82) is 0 Å². The van der Waals surface area contributed by atoms with Crippen LogP contribution in [0, 0.1) is 0 Å². The van der Waals surface area contributed by atoms with E-state index in [1.807, 2.05) is 47.4 Å². The molecule has 0 aliphatic carbocycles. The number of nitrogens with zero attached hydrogens (tertiary/aromatic N) is 5. The zero-order chi connectivity index (χ0) is 18.2. The lowest BCUT2D eigenvalue weighted by Crippen LogP contribution is -2.30. The number of rotatable bonds is 4. The van der Waals surface area contributed by atoms with E-state index in [9.17, 15) is 0 Å². The highest BCUT2D eigenvalue weighted by Gasteiger charge is 2.24. The summed E-state index contributed by atoms with van der Waals surface area (Å²) in [5.41, 5.74) is 6.52. The molecule has 3 aromatic heterocycles. The molecule has 1 aliphatic heterocycles. The molecule has 0 bridgehead atoms. The number of hydrogen-bond acceptors (Lipinski definition) is 5. The van der Waals surface area contributed by atoms with Crippen LogP contribution in [0.4, 0.5) is 0 Å². The molecule has 7 heteroatoms. The van der Waals surface area contributed by atoms with Gasteiger partial charge in [0.15, 0.2) is 5.65 Å². The summed E-state index contributed by atoms with van der Waals surface area (Å²) in [6.07, 6.45) is 6.60. The van der Waals surface area contributed by atoms with Gasteiger partial charge in [0.05, 0.1) is 13.3 Å². The van der Waals surface area contributed by atoms with Crippen molar-refractivity contribution >= 4 is 5.65 Å². The Hall–Kier alpha value is -3.19. The van der Waals surface area contributed by atoms with Gasteiger partial charge in [0.2, 0.25) is 0 Å². The van der Waals surface area contributed by atoms with E-state index < -0.39 is 0 Å². The molecule has 0 atom stereocenters. The Balaban J connectivity index is 1.45. The minimum Gasteiger partial charge on any atom is -0.496 e. The van der Waals surface area contributed by atoms with Crippen LogP contribution >= 0.6 is 0 Å². The van der Waals surface area contributed by atoms with E-state index in [4.69, 9.17) is 4.74 Å². The third-order valence-electron chi connectivity index (χ3n) is 5.12. The standard InChI is InChI=1S/C20H20N6O/c1-27-18-6-3-2-5-15(18)19-16-13-25(10-7-17(16)23-24-19)12-14-11-22-26-9-4-8-21-20(14)26/h2-6,8-9,11H,7,10,12-13H2,1H3,(H,23,24). The van der Waals surface area contributed by atoms with E-state index in [2.05, 4.69) is 31.2 Å². The first kappa shape index (κ1) is 16.0. The molecular weight excluding hydrogens is 340 g/mol. The van der Waals surface area contributed by atoms with E-state index in [1.165, 1.54) is 11.3 Å². The van der Waals surface area contributed by atoms with E-state index in [-0.39, 0.29) is 0 Å². The van der Waals surface area contributed by atoms with Gasteiger partial charge in [-0.2, -0.15) is 10.2 Å². The van der Waals surface area contributed by atoms with Crippen molar-refractivity contribution in [3.63, 3.8) is 0 Å². The molecule has 136 valence electrons. The van der Waals surface area contributed by atoms with Gasteiger partial charge in [0.1, 0.15) is 11.4 Å². The molecular formula is C20H20N6O. The van der Waals surface area contributed by atoms with Crippen molar-refractivity contribution in [3.8, 4) is 17.0 Å². The summed E-state index contributed by atoms with van der Waals surface area (Å²) < 4.78 is 7.36. The van der Waals surface area contributed by atoms with Gasteiger partial charge in [-0.15, -0.1) is 0 Å². The third-order valence-corrected chi connectivity index (χ3v) is 5.12. The van der Waals surface area contributed by atoms with E-state index in [0.717, 1.165) is 54.3 Å². The predicted octanol–water partition coefficient (Wildman–Crippen LogP) is 2.69. The fraction of sp³-hybridized carbons (Fsp3) is 0.250. The van der Waals surface area contributed by atoms with Crippen LogP contribution in [0.15, 0.2) is 48.9 Å². The zero-order valence-electron chi connectivity index (χ0n) is 15.1. The molecule has 1 aliphatic rings. The number of hydrogen-bond donors (Lipinski definition) is 1. The lowest BCUT2D eigenvalue weighted by molar-refractivity contribution is 0.246. The lowest BCUT2D eigenvalue weighted by Gasteiger charge is -2.26. The van der Waals surface area contributed by atoms with Crippen LogP contribution in [-0.2, 0) is 19.5 Å². The highest BCUT2D eigenvalue weighted by molar-refractivity contribution is 5.70. The zero-order valence-corrected chi connectivity index (χ0v) is 15.1. The summed E-state index contributed by atoms with van der Waals surface area (Å²) >= 11 is 0.